The third-order valence-corrected chi connectivity index (χ3v) is 5.56. The first kappa shape index (κ1) is 21.7. The number of benzene rings is 2. The molecule has 0 radical (unpaired) electrons. The summed E-state index contributed by atoms with van der Waals surface area (Å²) < 4.78 is 13.0. The molecule has 1 N–H and O–H groups in total. The van der Waals surface area contributed by atoms with Gasteiger partial charge in [-0.15, -0.1) is 10.2 Å². The van der Waals surface area contributed by atoms with E-state index in [4.69, 9.17) is 9.47 Å². The summed E-state index contributed by atoms with van der Waals surface area (Å²) in [6.07, 6.45) is 0. The summed E-state index contributed by atoms with van der Waals surface area (Å²) in [6, 6.07) is 15.1. The van der Waals surface area contributed by atoms with Gasteiger partial charge in [-0.1, -0.05) is 36.0 Å². The molecule has 0 aliphatic rings. The van der Waals surface area contributed by atoms with Crippen molar-refractivity contribution in [3.63, 3.8) is 0 Å². The maximum Gasteiger partial charge on any atom is 0.237 e. The topological polar surface area (TPSA) is 78.3 Å². The molecule has 0 bridgehead atoms. The van der Waals surface area contributed by atoms with Crippen LogP contribution < -0.4 is 14.8 Å². The lowest BCUT2D eigenvalue weighted by atomic mass is 10.2. The molecule has 2 aromatic carbocycles. The number of nitrogens with zero attached hydrogens (tertiary/aromatic N) is 3. The van der Waals surface area contributed by atoms with Crippen molar-refractivity contribution in [1.29, 1.82) is 0 Å². The van der Waals surface area contributed by atoms with Crippen LogP contribution in [0.4, 0.5) is 5.69 Å². The third-order valence-electron chi connectivity index (χ3n) is 4.48. The molecule has 1 aromatic heterocycles. The fraction of sp³-hybridized carbons (Fsp3) is 0.318. The van der Waals surface area contributed by atoms with Gasteiger partial charge in [0.05, 0.1) is 30.2 Å². The van der Waals surface area contributed by atoms with Gasteiger partial charge in [-0.05, 0) is 45.0 Å². The number of para-hydroxylation sites is 3. The molecule has 8 heteroatoms. The van der Waals surface area contributed by atoms with Crippen LogP contribution in [0, 0.1) is 0 Å². The lowest BCUT2D eigenvalue weighted by molar-refractivity contribution is -0.115. The van der Waals surface area contributed by atoms with Crippen LogP contribution in [0.5, 0.6) is 11.5 Å². The first-order valence-corrected chi connectivity index (χ1v) is 10.7. The fourth-order valence-electron chi connectivity index (χ4n) is 2.99. The van der Waals surface area contributed by atoms with E-state index in [1.54, 1.807) is 7.11 Å². The smallest absolute Gasteiger partial charge is 0.237 e. The Morgan fingerprint density at radius 1 is 1.10 bits per heavy atom. The molecule has 0 saturated heterocycles. The quantitative estimate of drug-likeness (QED) is 0.508. The molecule has 3 rings (SSSR count). The van der Waals surface area contributed by atoms with Gasteiger partial charge in [0.25, 0.3) is 0 Å². The Morgan fingerprint density at radius 2 is 1.80 bits per heavy atom. The highest BCUT2D eigenvalue weighted by Crippen LogP contribution is 2.32. The summed E-state index contributed by atoms with van der Waals surface area (Å²) in [6.45, 7) is 6.98. The van der Waals surface area contributed by atoms with Crippen LogP contribution in [-0.4, -0.2) is 39.6 Å². The number of anilines is 1. The SMILES string of the molecule is CCOc1ccccc1NC(=O)C(C)Sc1nnc(-c2ccccc2OC)n1CC. The fourth-order valence-corrected chi connectivity index (χ4v) is 3.90. The highest BCUT2D eigenvalue weighted by atomic mass is 32.2. The number of hydrogen-bond acceptors (Lipinski definition) is 6. The molecule has 3 aromatic rings. The van der Waals surface area contributed by atoms with Gasteiger partial charge in [-0.25, -0.2) is 0 Å². The largest absolute Gasteiger partial charge is 0.496 e. The minimum absolute atomic E-state index is 0.128. The van der Waals surface area contributed by atoms with Gasteiger partial charge in [-0.2, -0.15) is 0 Å². The van der Waals surface area contributed by atoms with Gasteiger partial charge in [0.15, 0.2) is 11.0 Å². The number of amides is 1. The van der Waals surface area contributed by atoms with Gasteiger partial charge in [0.2, 0.25) is 5.91 Å². The van der Waals surface area contributed by atoms with E-state index < -0.39 is 0 Å². The number of nitrogens with one attached hydrogen (secondary N) is 1. The molecule has 158 valence electrons. The van der Waals surface area contributed by atoms with Crippen molar-refractivity contribution in [3.8, 4) is 22.9 Å². The average Bonchev–Trinajstić information content (AvgIpc) is 3.17. The van der Waals surface area contributed by atoms with Crippen LogP contribution in [0.3, 0.4) is 0 Å². The average molecular weight is 427 g/mol. The number of carbonyl (C=O) groups excluding carboxylic acids is 1. The van der Waals surface area contributed by atoms with Crippen LogP contribution in [0.15, 0.2) is 53.7 Å². The molecule has 7 nitrogen and oxygen atoms in total. The maximum atomic E-state index is 12.8. The Morgan fingerprint density at radius 3 is 2.50 bits per heavy atom. The minimum Gasteiger partial charge on any atom is -0.496 e. The van der Waals surface area contributed by atoms with Crippen LogP contribution in [0.25, 0.3) is 11.4 Å². The summed E-state index contributed by atoms with van der Waals surface area (Å²) >= 11 is 1.37. The van der Waals surface area contributed by atoms with Gasteiger partial charge in [0, 0.05) is 6.54 Å². The molecule has 1 heterocycles. The predicted octanol–water partition coefficient (Wildman–Crippen LogP) is 4.49. The number of rotatable bonds is 9. The number of methoxy groups -OCH3 is 1. The Bertz CT molecular complexity index is 1010. The predicted molar refractivity (Wildman–Crippen MR) is 119 cm³/mol. The zero-order valence-electron chi connectivity index (χ0n) is 17.6. The van der Waals surface area contributed by atoms with E-state index in [0.29, 0.717) is 35.6 Å². The van der Waals surface area contributed by atoms with Crippen LogP contribution in [0.1, 0.15) is 20.8 Å². The van der Waals surface area contributed by atoms with E-state index in [2.05, 4.69) is 15.5 Å². The highest BCUT2D eigenvalue weighted by Gasteiger charge is 2.22. The molecule has 1 atom stereocenters. The zero-order chi connectivity index (χ0) is 21.5. The monoisotopic (exact) mass is 426 g/mol. The van der Waals surface area contributed by atoms with Crippen molar-refractivity contribution in [2.45, 2.75) is 37.7 Å². The summed E-state index contributed by atoms with van der Waals surface area (Å²) in [7, 11) is 1.63. The van der Waals surface area contributed by atoms with Gasteiger partial charge in [0.1, 0.15) is 11.5 Å². The van der Waals surface area contributed by atoms with Crippen LogP contribution in [0.2, 0.25) is 0 Å². The van der Waals surface area contributed by atoms with Crippen molar-refractivity contribution in [2.75, 3.05) is 19.0 Å². The van der Waals surface area contributed by atoms with E-state index >= 15 is 0 Å². The van der Waals surface area contributed by atoms with Crippen LogP contribution >= 0.6 is 11.8 Å². The van der Waals surface area contributed by atoms with E-state index in [-0.39, 0.29) is 11.2 Å². The lowest BCUT2D eigenvalue weighted by Gasteiger charge is -2.15. The van der Waals surface area contributed by atoms with Gasteiger partial charge in [-0.3, -0.25) is 4.79 Å². The molecule has 1 unspecified atom stereocenters. The molecule has 0 aliphatic carbocycles. The molecule has 0 aliphatic heterocycles. The van der Waals surface area contributed by atoms with Crippen molar-refractivity contribution in [2.24, 2.45) is 0 Å². The van der Waals surface area contributed by atoms with E-state index in [1.165, 1.54) is 11.8 Å². The van der Waals surface area contributed by atoms with E-state index in [9.17, 15) is 4.79 Å². The molecular formula is C22H26N4O3S. The summed E-state index contributed by atoms with van der Waals surface area (Å²) in [5.41, 5.74) is 1.52. The van der Waals surface area contributed by atoms with Gasteiger partial charge >= 0.3 is 0 Å². The number of carbonyl (C=O) groups is 1. The summed E-state index contributed by atoms with van der Waals surface area (Å²) in [4.78, 5) is 12.8. The number of ether oxygens (including phenoxy) is 2. The lowest BCUT2D eigenvalue weighted by Crippen LogP contribution is -2.23. The van der Waals surface area contributed by atoms with Crippen molar-refractivity contribution in [3.05, 3.63) is 48.5 Å². The standard InChI is InChI=1S/C22H26N4O3S/c1-5-26-20(16-11-7-9-13-18(16)28-4)24-25-22(26)30-15(3)21(27)23-17-12-8-10-14-19(17)29-6-2/h7-15H,5-6H2,1-4H3,(H,23,27). The molecule has 0 fully saturated rings. The Kier molecular flexibility index (Phi) is 7.35. The first-order valence-electron chi connectivity index (χ1n) is 9.84. The summed E-state index contributed by atoms with van der Waals surface area (Å²) in [5.74, 6) is 1.97. The zero-order valence-corrected chi connectivity index (χ0v) is 18.4. The molecular weight excluding hydrogens is 400 g/mol. The Balaban J connectivity index is 1.78. The second-order valence-corrected chi connectivity index (χ2v) is 7.74. The molecule has 1 amide bonds. The van der Waals surface area contributed by atoms with Crippen molar-refractivity contribution < 1.29 is 14.3 Å². The van der Waals surface area contributed by atoms with Crippen LogP contribution in [-0.2, 0) is 11.3 Å². The second kappa shape index (κ2) is 10.2. The molecule has 30 heavy (non-hydrogen) atoms. The highest BCUT2D eigenvalue weighted by molar-refractivity contribution is 8.00. The maximum absolute atomic E-state index is 12.8. The third kappa shape index (κ3) is 4.76. The normalized spacial score (nSPS) is 11.7. The van der Waals surface area contributed by atoms with Gasteiger partial charge < -0.3 is 19.4 Å². The number of hydrogen-bond donors (Lipinski definition) is 1. The molecule has 0 spiro atoms. The summed E-state index contributed by atoms with van der Waals surface area (Å²) in [5, 5.41) is 11.9. The second-order valence-electron chi connectivity index (χ2n) is 6.43. The van der Waals surface area contributed by atoms with Crippen molar-refractivity contribution >= 4 is 23.4 Å². The van der Waals surface area contributed by atoms with E-state index in [0.717, 1.165) is 11.3 Å². The Labute approximate surface area is 180 Å². The number of thioether (sulfide) groups is 1. The molecule has 0 saturated carbocycles. The Hall–Kier alpha value is -3.00. The van der Waals surface area contributed by atoms with Crippen molar-refractivity contribution in [1.82, 2.24) is 14.8 Å². The first-order chi connectivity index (χ1) is 14.6. The minimum atomic E-state index is -0.375. The number of aromatic nitrogens is 3. The van der Waals surface area contributed by atoms with E-state index in [1.807, 2.05) is 73.9 Å².